The van der Waals surface area contributed by atoms with Gasteiger partial charge in [-0.15, -0.1) is 0 Å². The summed E-state index contributed by atoms with van der Waals surface area (Å²) in [4.78, 5) is 51.8. The molecule has 3 aromatic rings. The summed E-state index contributed by atoms with van der Waals surface area (Å²) in [6, 6.07) is 11.7. The molecule has 3 fully saturated rings. The molecule has 3 aliphatic rings. The number of aromatic amines is 1. The molecule has 0 aliphatic carbocycles. The number of likely N-dealkylation sites (tertiary alicyclic amines) is 2. The first-order valence-electron chi connectivity index (χ1n) is 12.5. The average molecular weight is 488 g/mol. The van der Waals surface area contributed by atoms with Crippen LogP contribution in [0.25, 0.3) is 11.0 Å². The van der Waals surface area contributed by atoms with Crippen LogP contribution in [0.15, 0.2) is 48.8 Å². The molecule has 10 heteroatoms. The summed E-state index contributed by atoms with van der Waals surface area (Å²) in [6.07, 6.45) is 6.26. The zero-order valence-corrected chi connectivity index (χ0v) is 20.1. The Kier molecular flexibility index (Phi) is 5.58. The Morgan fingerprint density at radius 3 is 2.47 bits per heavy atom. The quantitative estimate of drug-likeness (QED) is 0.602. The molecule has 1 spiro atoms. The second-order valence-corrected chi connectivity index (χ2v) is 9.85. The molecule has 3 amide bonds. The Morgan fingerprint density at radius 1 is 0.972 bits per heavy atom. The zero-order chi connectivity index (χ0) is 24.7. The molecule has 1 N–H and O–H groups in total. The van der Waals surface area contributed by atoms with Crippen LogP contribution >= 0.6 is 0 Å². The number of para-hydroxylation sites is 1. The number of amides is 3. The van der Waals surface area contributed by atoms with Crippen LogP contribution in [0.5, 0.6) is 0 Å². The number of piperidine rings is 1. The van der Waals surface area contributed by atoms with Gasteiger partial charge in [0.25, 0.3) is 11.8 Å². The van der Waals surface area contributed by atoms with E-state index in [1.165, 1.54) is 0 Å². The van der Waals surface area contributed by atoms with Gasteiger partial charge in [0.1, 0.15) is 12.1 Å². The van der Waals surface area contributed by atoms with Crippen molar-refractivity contribution in [3.8, 4) is 0 Å². The highest BCUT2D eigenvalue weighted by molar-refractivity contribution is 5.98. The molecule has 0 saturated carbocycles. The van der Waals surface area contributed by atoms with Crippen molar-refractivity contribution in [1.82, 2.24) is 29.9 Å². The van der Waals surface area contributed by atoms with Gasteiger partial charge in [0.05, 0.1) is 18.4 Å². The first-order chi connectivity index (χ1) is 17.5. The molecule has 6 rings (SSSR count). The number of nitrogens with one attached hydrogen (secondary N) is 1. The van der Waals surface area contributed by atoms with Gasteiger partial charge in [-0.2, -0.15) is 5.10 Å². The summed E-state index contributed by atoms with van der Waals surface area (Å²) in [7, 11) is 0. The predicted molar refractivity (Wildman–Crippen MR) is 133 cm³/mol. The fourth-order valence-electron chi connectivity index (χ4n) is 5.77. The number of pyridine rings is 1. The molecule has 0 unspecified atom stereocenters. The number of nitrogens with zero attached hydrogens (tertiary/aromatic N) is 6. The van der Waals surface area contributed by atoms with E-state index in [4.69, 9.17) is 0 Å². The summed E-state index contributed by atoms with van der Waals surface area (Å²) >= 11 is 0. The topological polar surface area (TPSA) is 106 Å². The molecule has 3 saturated heterocycles. The van der Waals surface area contributed by atoms with Crippen LogP contribution in [0, 0.1) is 0 Å². The minimum atomic E-state index is -0.768. The minimum Gasteiger partial charge on any atom is -0.341 e. The first-order valence-corrected chi connectivity index (χ1v) is 12.5. The largest absolute Gasteiger partial charge is 0.341 e. The van der Waals surface area contributed by atoms with Crippen molar-refractivity contribution in [2.24, 2.45) is 0 Å². The van der Waals surface area contributed by atoms with Crippen molar-refractivity contribution in [2.75, 3.05) is 44.3 Å². The van der Waals surface area contributed by atoms with E-state index < -0.39 is 5.54 Å². The van der Waals surface area contributed by atoms with E-state index in [1.54, 1.807) is 28.3 Å². The summed E-state index contributed by atoms with van der Waals surface area (Å²) in [6.45, 7) is 2.91. The normalized spacial score (nSPS) is 19.6. The van der Waals surface area contributed by atoms with Crippen molar-refractivity contribution < 1.29 is 14.4 Å². The number of H-pyrrole nitrogens is 1. The van der Waals surface area contributed by atoms with Gasteiger partial charge in [0.2, 0.25) is 5.91 Å². The number of anilines is 1. The maximum atomic E-state index is 13.9. The monoisotopic (exact) mass is 487 g/mol. The summed E-state index contributed by atoms with van der Waals surface area (Å²) in [5.41, 5.74) is 1.34. The van der Waals surface area contributed by atoms with Crippen molar-refractivity contribution in [2.45, 2.75) is 31.2 Å². The molecule has 36 heavy (non-hydrogen) atoms. The summed E-state index contributed by atoms with van der Waals surface area (Å²) < 4.78 is 0. The SMILES string of the molecule is O=C(CN1CN(c2ccccc2)C2(CCN(C(=O)c3cnc4[nH]ncc4c3)CC2)C1=O)N1CCCC1. The van der Waals surface area contributed by atoms with Crippen molar-refractivity contribution >= 4 is 34.4 Å². The minimum absolute atomic E-state index is 0.0145. The third kappa shape index (κ3) is 3.77. The Balaban J connectivity index is 1.22. The van der Waals surface area contributed by atoms with Crippen LogP contribution in [-0.2, 0) is 9.59 Å². The number of aromatic nitrogens is 3. The lowest BCUT2D eigenvalue weighted by Gasteiger charge is -2.43. The number of rotatable bonds is 4. The molecule has 186 valence electrons. The number of hydrogen-bond acceptors (Lipinski definition) is 6. The fraction of sp³-hybridized carbons (Fsp3) is 0.423. The molecular formula is C26H29N7O3. The van der Waals surface area contributed by atoms with Gasteiger partial charge in [-0.05, 0) is 43.9 Å². The van der Waals surface area contributed by atoms with E-state index in [1.807, 2.05) is 35.2 Å². The molecular weight excluding hydrogens is 458 g/mol. The van der Waals surface area contributed by atoms with E-state index in [-0.39, 0.29) is 24.3 Å². The van der Waals surface area contributed by atoms with Gasteiger partial charge >= 0.3 is 0 Å². The Hall–Kier alpha value is -3.95. The first kappa shape index (κ1) is 22.5. The molecule has 0 bridgehead atoms. The lowest BCUT2D eigenvalue weighted by molar-refractivity contribution is -0.140. The lowest BCUT2D eigenvalue weighted by atomic mass is 9.85. The number of fused-ring (bicyclic) bond motifs is 1. The highest BCUT2D eigenvalue weighted by Gasteiger charge is 2.54. The molecule has 1 aromatic carbocycles. The van der Waals surface area contributed by atoms with Crippen molar-refractivity contribution in [3.63, 3.8) is 0 Å². The van der Waals surface area contributed by atoms with Crippen LogP contribution in [0.3, 0.4) is 0 Å². The van der Waals surface area contributed by atoms with E-state index in [2.05, 4.69) is 20.1 Å². The second kappa shape index (κ2) is 8.92. The number of benzene rings is 1. The second-order valence-electron chi connectivity index (χ2n) is 9.85. The summed E-state index contributed by atoms with van der Waals surface area (Å²) in [5.74, 6) is -0.105. The maximum absolute atomic E-state index is 13.9. The summed E-state index contributed by atoms with van der Waals surface area (Å²) in [5, 5.41) is 7.56. The van der Waals surface area contributed by atoms with E-state index >= 15 is 0 Å². The van der Waals surface area contributed by atoms with Gasteiger partial charge < -0.3 is 19.6 Å². The zero-order valence-electron chi connectivity index (χ0n) is 20.1. The van der Waals surface area contributed by atoms with Gasteiger partial charge in [0, 0.05) is 43.4 Å². The fourth-order valence-corrected chi connectivity index (χ4v) is 5.77. The number of carbonyl (C=O) groups excluding carboxylic acids is 3. The van der Waals surface area contributed by atoms with E-state index in [0.29, 0.717) is 43.8 Å². The standard InChI is InChI=1S/C26H29N7O3/c34-22(30-10-4-5-11-30)17-32-18-33(21-6-2-1-3-7-21)26(25(32)36)8-12-31(13-9-26)24(35)20-14-19-16-28-29-23(19)27-15-20/h1-3,6-7,14-16H,4-5,8-13,17-18H2,(H,27,28,29). The van der Waals surface area contributed by atoms with Crippen LogP contribution in [0.2, 0.25) is 0 Å². The van der Waals surface area contributed by atoms with Gasteiger partial charge in [0.15, 0.2) is 5.65 Å². The average Bonchev–Trinajstić information content (AvgIpc) is 3.67. The number of carbonyl (C=O) groups is 3. The van der Waals surface area contributed by atoms with Crippen LogP contribution < -0.4 is 4.90 Å². The van der Waals surface area contributed by atoms with Gasteiger partial charge in [-0.25, -0.2) is 4.98 Å². The smallest absolute Gasteiger partial charge is 0.255 e. The van der Waals surface area contributed by atoms with Gasteiger partial charge in [-0.3, -0.25) is 19.5 Å². The third-order valence-corrected chi connectivity index (χ3v) is 7.78. The van der Waals surface area contributed by atoms with E-state index in [9.17, 15) is 14.4 Å². The molecule has 5 heterocycles. The van der Waals surface area contributed by atoms with Gasteiger partial charge in [-0.1, -0.05) is 18.2 Å². The molecule has 10 nitrogen and oxygen atoms in total. The highest BCUT2D eigenvalue weighted by Crippen LogP contribution is 2.39. The molecule has 2 aromatic heterocycles. The Labute approximate surface area is 208 Å². The molecule has 0 atom stereocenters. The molecule has 3 aliphatic heterocycles. The van der Waals surface area contributed by atoms with Crippen LogP contribution in [0.4, 0.5) is 5.69 Å². The molecule has 0 radical (unpaired) electrons. The highest BCUT2D eigenvalue weighted by atomic mass is 16.2. The van der Waals surface area contributed by atoms with E-state index in [0.717, 1.165) is 37.0 Å². The third-order valence-electron chi connectivity index (χ3n) is 7.78. The van der Waals surface area contributed by atoms with Crippen LogP contribution in [0.1, 0.15) is 36.0 Å². The van der Waals surface area contributed by atoms with Crippen LogP contribution in [-0.4, -0.2) is 92.5 Å². The van der Waals surface area contributed by atoms with Crippen molar-refractivity contribution in [3.05, 3.63) is 54.4 Å². The lowest BCUT2D eigenvalue weighted by Crippen LogP contribution is -2.57. The maximum Gasteiger partial charge on any atom is 0.255 e. The Bertz CT molecular complexity index is 1290. The van der Waals surface area contributed by atoms with Crippen molar-refractivity contribution in [1.29, 1.82) is 0 Å². The predicted octanol–water partition coefficient (Wildman–Crippen LogP) is 1.86. The number of hydrogen-bond donors (Lipinski definition) is 1. The Morgan fingerprint density at radius 2 is 1.72 bits per heavy atom.